The predicted octanol–water partition coefficient (Wildman–Crippen LogP) is 1.75. The molecule has 3 heterocycles. The number of aromatic nitrogens is 6. The van der Waals surface area contributed by atoms with Gasteiger partial charge in [0.15, 0.2) is 11.2 Å². The molecular formula is C21H25N7O2. The molecule has 30 heavy (non-hydrogen) atoms. The van der Waals surface area contributed by atoms with Crippen LogP contribution < -0.4 is 16.1 Å². The number of aryl methyl sites for hydroxylation is 2. The summed E-state index contributed by atoms with van der Waals surface area (Å²) < 4.78 is 4.60. The molecule has 0 N–H and O–H groups in total. The molecule has 0 spiro atoms. The zero-order chi connectivity index (χ0) is 21.4. The Balaban J connectivity index is 1.89. The van der Waals surface area contributed by atoms with E-state index in [1.807, 2.05) is 41.6 Å². The van der Waals surface area contributed by atoms with Crippen molar-refractivity contribution in [3.63, 3.8) is 0 Å². The zero-order valence-electron chi connectivity index (χ0n) is 17.7. The molecule has 0 saturated heterocycles. The van der Waals surface area contributed by atoms with Crippen molar-refractivity contribution in [3.05, 3.63) is 57.0 Å². The molecule has 0 aliphatic heterocycles. The average molecular weight is 407 g/mol. The normalized spacial score (nSPS) is 11.5. The van der Waals surface area contributed by atoms with Gasteiger partial charge in [0.2, 0.25) is 5.95 Å². The fourth-order valence-corrected chi connectivity index (χ4v) is 3.82. The Bertz CT molecular complexity index is 1350. The lowest BCUT2D eigenvalue weighted by molar-refractivity contribution is 0.652. The van der Waals surface area contributed by atoms with E-state index in [4.69, 9.17) is 0 Å². The van der Waals surface area contributed by atoms with Gasteiger partial charge in [0.25, 0.3) is 5.56 Å². The summed E-state index contributed by atoms with van der Waals surface area (Å²) in [4.78, 5) is 41.6. The van der Waals surface area contributed by atoms with Gasteiger partial charge in [0.1, 0.15) is 0 Å². The largest absolute Gasteiger partial charge is 0.345 e. The van der Waals surface area contributed by atoms with Gasteiger partial charge in [-0.15, -0.1) is 0 Å². The maximum Gasteiger partial charge on any atom is 0.332 e. The van der Waals surface area contributed by atoms with Crippen molar-refractivity contribution < 1.29 is 0 Å². The second kappa shape index (κ2) is 7.74. The van der Waals surface area contributed by atoms with Gasteiger partial charge in [-0.25, -0.2) is 4.79 Å². The minimum atomic E-state index is -0.391. The zero-order valence-corrected chi connectivity index (χ0v) is 17.7. The molecule has 9 nitrogen and oxygen atoms in total. The molecule has 0 amide bonds. The third-order valence-electron chi connectivity index (χ3n) is 5.30. The molecule has 0 saturated carbocycles. The van der Waals surface area contributed by atoms with Crippen LogP contribution in [0.4, 0.5) is 5.95 Å². The highest BCUT2D eigenvalue weighted by atomic mass is 16.2. The van der Waals surface area contributed by atoms with Gasteiger partial charge in [0.05, 0.1) is 17.6 Å². The van der Waals surface area contributed by atoms with E-state index in [-0.39, 0.29) is 12.1 Å². The lowest BCUT2D eigenvalue weighted by Crippen LogP contribution is -2.40. The molecule has 0 aliphatic carbocycles. The smallest absolute Gasteiger partial charge is 0.332 e. The van der Waals surface area contributed by atoms with Crippen LogP contribution in [0, 0.1) is 0 Å². The minimum absolute atomic E-state index is 0.156. The number of imidazole rings is 1. The summed E-state index contributed by atoms with van der Waals surface area (Å²) in [7, 11) is 3.60. The predicted molar refractivity (Wildman–Crippen MR) is 117 cm³/mol. The Kier molecular flexibility index (Phi) is 5.11. The first-order valence-electron chi connectivity index (χ1n) is 10.1. The van der Waals surface area contributed by atoms with Crippen LogP contribution in [0.15, 0.2) is 40.2 Å². The third kappa shape index (κ3) is 3.16. The summed E-state index contributed by atoms with van der Waals surface area (Å²) in [5.41, 5.74) is 2.43. The molecule has 0 aliphatic rings. The van der Waals surface area contributed by atoms with Gasteiger partial charge in [-0.1, -0.05) is 13.0 Å². The quantitative estimate of drug-likeness (QED) is 0.484. The molecule has 156 valence electrons. The second-order valence-electron chi connectivity index (χ2n) is 7.36. The van der Waals surface area contributed by atoms with Crippen molar-refractivity contribution in [1.82, 2.24) is 28.7 Å². The molecule has 3 aromatic heterocycles. The number of hydrogen-bond acceptors (Lipinski definition) is 6. The highest BCUT2D eigenvalue weighted by Crippen LogP contribution is 2.19. The van der Waals surface area contributed by atoms with Crippen LogP contribution in [0.1, 0.15) is 25.8 Å². The summed E-state index contributed by atoms with van der Waals surface area (Å²) >= 11 is 0. The maximum atomic E-state index is 13.4. The summed E-state index contributed by atoms with van der Waals surface area (Å²) in [5.74, 6) is 0.695. The lowest BCUT2D eigenvalue weighted by Gasteiger charge is -2.18. The molecule has 4 rings (SSSR count). The molecule has 9 heteroatoms. The van der Waals surface area contributed by atoms with E-state index < -0.39 is 5.69 Å². The number of hydrogen-bond donors (Lipinski definition) is 0. The summed E-state index contributed by atoms with van der Waals surface area (Å²) in [6.45, 7) is 5.61. The Morgan fingerprint density at radius 3 is 2.47 bits per heavy atom. The number of benzene rings is 1. The van der Waals surface area contributed by atoms with Crippen molar-refractivity contribution >= 4 is 28.1 Å². The maximum absolute atomic E-state index is 13.4. The minimum Gasteiger partial charge on any atom is -0.345 e. The molecule has 0 atom stereocenters. The third-order valence-corrected chi connectivity index (χ3v) is 5.30. The van der Waals surface area contributed by atoms with Gasteiger partial charge in [-0.2, -0.15) is 4.98 Å². The molecule has 0 fully saturated rings. The van der Waals surface area contributed by atoms with Gasteiger partial charge in [-0.3, -0.25) is 23.9 Å². The topological polar surface area (TPSA) is 90.8 Å². The first-order chi connectivity index (χ1) is 14.5. The van der Waals surface area contributed by atoms with Crippen LogP contribution in [0.2, 0.25) is 0 Å². The van der Waals surface area contributed by atoms with E-state index in [9.17, 15) is 9.59 Å². The standard InChI is InChI=1S/C21H25N7O2/c1-5-11-25(3)20-24-18-17(27(20)6-2)19(29)28(21(30)26(18)4)13-14-7-8-15-16(12-14)23-10-9-22-15/h7-10,12H,5-6,11,13H2,1-4H3. The molecular weight excluding hydrogens is 382 g/mol. The van der Waals surface area contributed by atoms with Crippen LogP contribution >= 0.6 is 0 Å². The van der Waals surface area contributed by atoms with Crippen molar-refractivity contribution in [1.29, 1.82) is 0 Å². The van der Waals surface area contributed by atoms with Crippen molar-refractivity contribution in [3.8, 4) is 0 Å². The van der Waals surface area contributed by atoms with E-state index in [2.05, 4.69) is 21.9 Å². The lowest BCUT2D eigenvalue weighted by atomic mass is 10.2. The van der Waals surface area contributed by atoms with Crippen LogP contribution in [0.3, 0.4) is 0 Å². The second-order valence-corrected chi connectivity index (χ2v) is 7.36. The summed E-state index contributed by atoms with van der Waals surface area (Å²) in [6, 6.07) is 5.57. The average Bonchev–Trinajstić information content (AvgIpc) is 3.15. The highest BCUT2D eigenvalue weighted by Gasteiger charge is 2.21. The molecule has 4 aromatic rings. The Hall–Kier alpha value is -3.49. The van der Waals surface area contributed by atoms with Crippen LogP contribution in [0.5, 0.6) is 0 Å². The van der Waals surface area contributed by atoms with Gasteiger partial charge >= 0.3 is 5.69 Å². The van der Waals surface area contributed by atoms with Gasteiger partial charge in [-0.05, 0) is 31.0 Å². The van der Waals surface area contributed by atoms with E-state index in [0.717, 1.165) is 29.6 Å². The van der Waals surface area contributed by atoms with E-state index in [1.165, 1.54) is 9.13 Å². The van der Waals surface area contributed by atoms with Crippen molar-refractivity contribution in [2.75, 3.05) is 18.5 Å². The van der Waals surface area contributed by atoms with E-state index in [0.29, 0.717) is 23.7 Å². The number of fused-ring (bicyclic) bond motifs is 2. The summed E-state index contributed by atoms with van der Waals surface area (Å²) in [6.07, 6.45) is 4.21. The monoisotopic (exact) mass is 407 g/mol. The molecule has 0 unspecified atom stereocenters. The molecule has 0 bridgehead atoms. The molecule has 0 radical (unpaired) electrons. The summed E-state index contributed by atoms with van der Waals surface area (Å²) in [5, 5.41) is 0. The molecule has 1 aromatic carbocycles. The van der Waals surface area contributed by atoms with E-state index in [1.54, 1.807) is 19.4 Å². The SMILES string of the molecule is CCCN(C)c1nc2c(c(=O)n(Cc3ccc4nccnc4c3)c(=O)n2C)n1CC. The van der Waals surface area contributed by atoms with Crippen LogP contribution in [-0.2, 0) is 20.1 Å². The highest BCUT2D eigenvalue weighted by molar-refractivity contribution is 5.75. The number of nitrogens with zero attached hydrogens (tertiary/aromatic N) is 7. The van der Waals surface area contributed by atoms with Gasteiger partial charge < -0.3 is 9.47 Å². The first kappa shape index (κ1) is 19.8. The Morgan fingerprint density at radius 1 is 1.03 bits per heavy atom. The first-order valence-corrected chi connectivity index (χ1v) is 10.1. The number of anilines is 1. The van der Waals surface area contributed by atoms with Crippen molar-refractivity contribution in [2.45, 2.75) is 33.4 Å². The van der Waals surface area contributed by atoms with Gasteiger partial charge in [0, 0.05) is 39.6 Å². The fourth-order valence-electron chi connectivity index (χ4n) is 3.82. The Labute approximate surface area is 173 Å². The fraction of sp³-hybridized carbons (Fsp3) is 0.381. The van der Waals surface area contributed by atoms with E-state index >= 15 is 0 Å². The van der Waals surface area contributed by atoms with Crippen LogP contribution in [0.25, 0.3) is 22.2 Å². The number of rotatable bonds is 6. The van der Waals surface area contributed by atoms with Crippen LogP contribution in [-0.4, -0.2) is 42.2 Å². The van der Waals surface area contributed by atoms with Crippen molar-refractivity contribution in [2.24, 2.45) is 7.05 Å². The Morgan fingerprint density at radius 2 is 1.77 bits per heavy atom.